The number of anilines is 1. The molecule has 2 rings (SSSR count). The van der Waals surface area contributed by atoms with Gasteiger partial charge in [0.1, 0.15) is 5.75 Å². The van der Waals surface area contributed by atoms with Gasteiger partial charge in [0.15, 0.2) is 12.4 Å². The van der Waals surface area contributed by atoms with E-state index in [0.717, 1.165) is 0 Å². The maximum atomic E-state index is 12.2. The normalized spacial score (nSPS) is 10.4. The summed E-state index contributed by atoms with van der Waals surface area (Å²) in [5.41, 5.74) is 1.04. The van der Waals surface area contributed by atoms with Crippen LogP contribution < -0.4 is 10.1 Å². The summed E-state index contributed by atoms with van der Waals surface area (Å²) < 4.78 is 5.35. The van der Waals surface area contributed by atoms with Gasteiger partial charge in [0.25, 0.3) is 5.69 Å². The van der Waals surface area contributed by atoms with Gasteiger partial charge in [-0.25, -0.2) is 0 Å². The van der Waals surface area contributed by atoms with Gasteiger partial charge in [0.05, 0.1) is 4.92 Å². The van der Waals surface area contributed by atoms with Crippen molar-refractivity contribution in [2.75, 3.05) is 11.9 Å². The maximum absolute atomic E-state index is 12.2. The molecule has 0 saturated carbocycles. The molecule has 7 heteroatoms. The predicted molar refractivity (Wildman–Crippen MR) is 97.4 cm³/mol. The summed E-state index contributed by atoms with van der Waals surface area (Å²) in [7, 11) is 0. The van der Waals surface area contributed by atoms with Crippen molar-refractivity contribution in [3.63, 3.8) is 0 Å². The van der Waals surface area contributed by atoms with Crippen LogP contribution in [-0.4, -0.2) is 23.2 Å². The zero-order valence-electron chi connectivity index (χ0n) is 14.6. The highest BCUT2D eigenvalue weighted by atomic mass is 16.6. The highest BCUT2D eigenvalue weighted by Crippen LogP contribution is 2.18. The molecule has 0 unspecified atom stereocenters. The van der Waals surface area contributed by atoms with Crippen molar-refractivity contribution in [3.8, 4) is 5.75 Å². The SMILES string of the molecule is CC(C)CC(=O)Nc1ccc(C(=O)COc2ccc([N+](=O)[O-])cc2)cc1. The largest absolute Gasteiger partial charge is 0.485 e. The van der Waals surface area contributed by atoms with Gasteiger partial charge >= 0.3 is 0 Å². The van der Waals surface area contributed by atoms with Gasteiger partial charge in [-0.3, -0.25) is 19.7 Å². The van der Waals surface area contributed by atoms with Crippen LogP contribution in [0.3, 0.4) is 0 Å². The zero-order chi connectivity index (χ0) is 19.1. The summed E-state index contributed by atoms with van der Waals surface area (Å²) >= 11 is 0. The lowest BCUT2D eigenvalue weighted by molar-refractivity contribution is -0.384. The quantitative estimate of drug-likeness (QED) is 0.440. The average molecular weight is 356 g/mol. The third-order valence-corrected chi connectivity index (χ3v) is 3.50. The summed E-state index contributed by atoms with van der Waals surface area (Å²) in [6.45, 7) is 3.75. The fraction of sp³-hybridized carbons (Fsp3) is 0.263. The molecule has 0 heterocycles. The van der Waals surface area contributed by atoms with E-state index in [1.807, 2.05) is 13.8 Å². The Kier molecular flexibility index (Phi) is 6.43. The lowest BCUT2D eigenvalue weighted by Gasteiger charge is -2.08. The average Bonchev–Trinajstić information content (AvgIpc) is 2.60. The van der Waals surface area contributed by atoms with Crippen LogP contribution in [0.4, 0.5) is 11.4 Å². The van der Waals surface area contributed by atoms with E-state index in [-0.39, 0.29) is 29.9 Å². The fourth-order valence-corrected chi connectivity index (χ4v) is 2.22. The van der Waals surface area contributed by atoms with Crippen LogP contribution >= 0.6 is 0 Å². The number of nitro groups is 1. The molecule has 136 valence electrons. The molecule has 0 fully saturated rings. The highest BCUT2D eigenvalue weighted by Gasteiger charge is 2.10. The van der Waals surface area contributed by atoms with Crippen molar-refractivity contribution in [2.24, 2.45) is 5.92 Å². The molecule has 26 heavy (non-hydrogen) atoms. The number of nitrogens with one attached hydrogen (secondary N) is 1. The lowest BCUT2D eigenvalue weighted by atomic mass is 10.1. The van der Waals surface area contributed by atoms with Crippen molar-refractivity contribution in [3.05, 3.63) is 64.2 Å². The Hall–Kier alpha value is -3.22. The maximum Gasteiger partial charge on any atom is 0.269 e. The van der Waals surface area contributed by atoms with E-state index in [9.17, 15) is 19.7 Å². The number of amides is 1. The summed E-state index contributed by atoms with van der Waals surface area (Å²) in [6.07, 6.45) is 0.434. The number of carbonyl (C=O) groups is 2. The van der Waals surface area contributed by atoms with Gasteiger partial charge in [-0.1, -0.05) is 13.8 Å². The van der Waals surface area contributed by atoms with Crippen molar-refractivity contribution in [2.45, 2.75) is 20.3 Å². The number of benzene rings is 2. The number of hydrogen-bond acceptors (Lipinski definition) is 5. The minimum absolute atomic E-state index is 0.0428. The number of nitrogens with zero attached hydrogens (tertiary/aromatic N) is 1. The number of ketones is 1. The molecule has 1 amide bonds. The molecule has 0 radical (unpaired) electrons. The summed E-state index contributed by atoms with van der Waals surface area (Å²) in [5.74, 6) is 0.345. The topological polar surface area (TPSA) is 98.5 Å². The minimum Gasteiger partial charge on any atom is -0.485 e. The third-order valence-electron chi connectivity index (χ3n) is 3.50. The van der Waals surface area contributed by atoms with Gasteiger partial charge in [-0.05, 0) is 42.3 Å². The number of rotatable bonds is 8. The fourth-order valence-electron chi connectivity index (χ4n) is 2.22. The molecular formula is C19H20N2O5. The van der Waals surface area contributed by atoms with Crippen LogP contribution in [0, 0.1) is 16.0 Å². The second kappa shape index (κ2) is 8.75. The molecule has 0 spiro atoms. The number of nitro benzene ring substituents is 1. The molecular weight excluding hydrogens is 336 g/mol. The van der Waals surface area contributed by atoms with Gasteiger partial charge in [0.2, 0.25) is 5.91 Å². The Bertz CT molecular complexity index is 783. The molecule has 7 nitrogen and oxygen atoms in total. The summed E-state index contributed by atoms with van der Waals surface area (Å²) in [6, 6.07) is 12.1. The molecule has 0 aliphatic carbocycles. The van der Waals surface area contributed by atoms with E-state index in [0.29, 0.717) is 23.4 Å². The lowest BCUT2D eigenvalue weighted by Crippen LogP contribution is -2.14. The summed E-state index contributed by atoms with van der Waals surface area (Å²) in [5, 5.41) is 13.4. The molecule has 0 saturated heterocycles. The van der Waals surface area contributed by atoms with Crippen molar-refractivity contribution >= 4 is 23.1 Å². The van der Waals surface area contributed by atoms with Crippen LogP contribution in [-0.2, 0) is 4.79 Å². The highest BCUT2D eigenvalue weighted by molar-refractivity contribution is 5.98. The first-order valence-electron chi connectivity index (χ1n) is 8.15. The molecule has 0 aromatic heterocycles. The van der Waals surface area contributed by atoms with Crippen LogP contribution in [0.5, 0.6) is 5.75 Å². The van der Waals surface area contributed by atoms with E-state index in [1.165, 1.54) is 24.3 Å². The van der Waals surface area contributed by atoms with E-state index in [4.69, 9.17) is 4.74 Å². The van der Waals surface area contributed by atoms with Gasteiger partial charge in [-0.2, -0.15) is 0 Å². The van der Waals surface area contributed by atoms with Crippen molar-refractivity contribution < 1.29 is 19.2 Å². The number of hydrogen-bond donors (Lipinski definition) is 1. The van der Waals surface area contributed by atoms with Crippen LogP contribution in [0.25, 0.3) is 0 Å². The Labute approximate surface area is 151 Å². The van der Waals surface area contributed by atoms with Crippen molar-refractivity contribution in [1.29, 1.82) is 0 Å². The van der Waals surface area contributed by atoms with E-state index >= 15 is 0 Å². The first-order valence-corrected chi connectivity index (χ1v) is 8.15. The molecule has 2 aromatic rings. The Morgan fingerprint density at radius 1 is 1.08 bits per heavy atom. The molecule has 2 aromatic carbocycles. The van der Waals surface area contributed by atoms with Crippen molar-refractivity contribution in [1.82, 2.24) is 0 Å². The molecule has 0 bridgehead atoms. The first-order chi connectivity index (χ1) is 12.3. The minimum atomic E-state index is -0.504. The molecule has 0 aliphatic rings. The summed E-state index contributed by atoms with van der Waals surface area (Å²) in [4.78, 5) is 34.0. The first kappa shape index (κ1) is 19.1. The predicted octanol–water partition coefficient (Wildman–Crippen LogP) is 3.84. The number of ether oxygens (including phenoxy) is 1. The number of non-ortho nitro benzene ring substituents is 1. The monoisotopic (exact) mass is 356 g/mol. The Morgan fingerprint density at radius 3 is 2.23 bits per heavy atom. The Balaban J connectivity index is 1.89. The van der Waals surface area contributed by atoms with E-state index < -0.39 is 4.92 Å². The third kappa shape index (κ3) is 5.70. The van der Waals surface area contributed by atoms with Gasteiger partial charge in [0, 0.05) is 29.8 Å². The molecule has 0 aliphatic heterocycles. The van der Waals surface area contributed by atoms with E-state index in [1.54, 1.807) is 24.3 Å². The number of carbonyl (C=O) groups excluding carboxylic acids is 2. The second-order valence-corrected chi connectivity index (χ2v) is 6.19. The molecule has 1 N–H and O–H groups in total. The van der Waals surface area contributed by atoms with Crippen LogP contribution in [0.2, 0.25) is 0 Å². The second-order valence-electron chi connectivity index (χ2n) is 6.19. The van der Waals surface area contributed by atoms with Gasteiger partial charge < -0.3 is 10.1 Å². The molecule has 0 atom stereocenters. The van der Waals surface area contributed by atoms with E-state index in [2.05, 4.69) is 5.32 Å². The standard InChI is InChI=1S/C19H20N2O5/c1-13(2)11-19(23)20-15-5-3-14(4-6-15)18(22)12-26-17-9-7-16(8-10-17)21(24)25/h3-10,13H,11-12H2,1-2H3,(H,20,23). The number of Topliss-reactive ketones (excluding diaryl/α,β-unsaturated/α-hetero) is 1. The van der Waals surface area contributed by atoms with Gasteiger partial charge in [-0.15, -0.1) is 0 Å². The smallest absolute Gasteiger partial charge is 0.269 e. The zero-order valence-corrected chi connectivity index (χ0v) is 14.6. The van der Waals surface area contributed by atoms with Crippen LogP contribution in [0.1, 0.15) is 30.6 Å². The van der Waals surface area contributed by atoms with Crippen LogP contribution in [0.15, 0.2) is 48.5 Å². The Morgan fingerprint density at radius 2 is 1.69 bits per heavy atom.